The molecule has 92 valence electrons. The molecular weight excluding hydrogens is 255 g/mol. The van der Waals surface area contributed by atoms with Gasteiger partial charge in [0.05, 0.1) is 0 Å². The number of hydrogen-bond acceptors (Lipinski definition) is 2. The second-order valence-corrected chi connectivity index (χ2v) is 4.10. The maximum Gasteiger partial charge on any atom is 0.258 e. The highest BCUT2D eigenvalue weighted by atomic mass is 35.5. The molecule has 1 aromatic carbocycles. The van der Waals surface area contributed by atoms with E-state index in [4.69, 9.17) is 11.6 Å². The number of benzene rings is 1. The van der Waals surface area contributed by atoms with Gasteiger partial charge in [0.15, 0.2) is 0 Å². The fourth-order valence-corrected chi connectivity index (χ4v) is 1.68. The quantitative estimate of drug-likeness (QED) is 0.781. The summed E-state index contributed by atoms with van der Waals surface area (Å²) in [5.41, 5.74) is 1.04. The number of rotatable bonds is 2. The zero-order valence-electron chi connectivity index (χ0n) is 9.60. The maximum absolute atomic E-state index is 12.8. The smallest absolute Gasteiger partial charge is 0.258 e. The highest BCUT2D eigenvalue weighted by Crippen LogP contribution is 2.17. The third-order valence-electron chi connectivity index (χ3n) is 2.49. The molecule has 0 radical (unpaired) electrons. The highest BCUT2D eigenvalue weighted by Gasteiger charge is 2.13. The van der Waals surface area contributed by atoms with E-state index < -0.39 is 0 Å². The van der Waals surface area contributed by atoms with Gasteiger partial charge in [-0.1, -0.05) is 11.6 Å². The number of nitrogens with zero attached hydrogens (tertiary/aromatic N) is 2. The van der Waals surface area contributed by atoms with Crippen LogP contribution in [0, 0.1) is 5.82 Å². The average Bonchev–Trinajstić information content (AvgIpc) is 2.38. The van der Waals surface area contributed by atoms with Gasteiger partial charge in [-0.2, -0.15) is 0 Å². The minimum atomic E-state index is -0.341. The number of hydrogen-bond donors (Lipinski definition) is 0. The van der Waals surface area contributed by atoms with Crippen molar-refractivity contribution < 1.29 is 9.18 Å². The molecule has 1 amide bonds. The third-order valence-corrected chi connectivity index (χ3v) is 2.70. The number of amides is 1. The molecule has 18 heavy (non-hydrogen) atoms. The first-order valence-electron chi connectivity index (χ1n) is 5.23. The van der Waals surface area contributed by atoms with E-state index in [-0.39, 0.29) is 16.9 Å². The Kier molecular flexibility index (Phi) is 3.58. The van der Waals surface area contributed by atoms with E-state index in [1.54, 1.807) is 13.1 Å². The molecule has 0 N–H and O–H groups in total. The topological polar surface area (TPSA) is 33.2 Å². The Morgan fingerprint density at radius 2 is 1.94 bits per heavy atom. The van der Waals surface area contributed by atoms with Crippen molar-refractivity contribution in [2.45, 2.75) is 0 Å². The third kappa shape index (κ3) is 2.65. The highest BCUT2D eigenvalue weighted by molar-refractivity contribution is 6.29. The molecule has 0 bridgehead atoms. The van der Waals surface area contributed by atoms with E-state index in [0.29, 0.717) is 11.3 Å². The molecule has 0 saturated heterocycles. The molecule has 0 aliphatic rings. The van der Waals surface area contributed by atoms with Crippen molar-refractivity contribution in [2.24, 2.45) is 0 Å². The van der Waals surface area contributed by atoms with E-state index in [1.165, 1.54) is 41.4 Å². The largest absolute Gasteiger partial charge is 0.311 e. The van der Waals surface area contributed by atoms with E-state index in [9.17, 15) is 9.18 Å². The van der Waals surface area contributed by atoms with E-state index >= 15 is 0 Å². The van der Waals surface area contributed by atoms with Gasteiger partial charge < -0.3 is 4.90 Å². The minimum absolute atomic E-state index is 0.231. The standard InChI is InChI=1S/C13H10ClFN2O/c1-17(11-4-2-10(15)3-5-11)13(18)9-6-7-16-12(14)8-9/h2-8H,1H3. The van der Waals surface area contributed by atoms with Crippen molar-refractivity contribution >= 4 is 23.2 Å². The summed E-state index contributed by atoms with van der Waals surface area (Å²) in [4.78, 5) is 17.4. The molecule has 0 unspecified atom stereocenters. The van der Waals surface area contributed by atoms with Crippen LogP contribution < -0.4 is 4.90 Å². The lowest BCUT2D eigenvalue weighted by atomic mass is 10.2. The zero-order valence-corrected chi connectivity index (χ0v) is 10.4. The Morgan fingerprint density at radius 3 is 2.56 bits per heavy atom. The first kappa shape index (κ1) is 12.5. The van der Waals surface area contributed by atoms with Crippen molar-refractivity contribution in [2.75, 3.05) is 11.9 Å². The van der Waals surface area contributed by atoms with Crippen LogP contribution >= 0.6 is 11.6 Å². The fraction of sp³-hybridized carbons (Fsp3) is 0.0769. The van der Waals surface area contributed by atoms with Gasteiger partial charge in [-0.05, 0) is 36.4 Å². The molecule has 0 fully saturated rings. The molecule has 3 nitrogen and oxygen atoms in total. The van der Waals surface area contributed by atoms with Crippen molar-refractivity contribution in [3.8, 4) is 0 Å². The van der Waals surface area contributed by atoms with Crippen LogP contribution in [0.25, 0.3) is 0 Å². The van der Waals surface area contributed by atoms with Gasteiger partial charge in [0, 0.05) is 24.5 Å². The maximum atomic E-state index is 12.8. The normalized spacial score (nSPS) is 10.2. The van der Waals surface area contributed by atoms with Gasteiger partial charge in [0.25, 0.3) is 5.91 Å². The number of pyridine rings is 1. The van der Waals surface area contributed by atoms with Crippen molar-refractivity contribution in [1.29, 1.82) is 0 Å². The molecule has 0 aliphatic heterocycles. The summed E-state index contributed by atoms with van der Waals surface area (Å²) in [6.45, 7) is 0. The number of carbonyl (C=O) groups is 1. The number of anilines is 1. The molecule has 2 rings (SSSR count). The van der Waals surface area contributed by atoms with Gasteiger partial charge in [0.2, 0.25) is 0 Å². The Labute approximate surface area is 109 Å². The number of aromatic nitrogens is 1. The molecule has 0 saturated carbocycles. The number of halogens is 2. The molecule has 1 heterocycles. The number of carbonyl (C=O) groups excluding carboxylic acids is 1. The molecule has 0 aliphatic carbocycles. The predicted molar refractivity (Wildman–Crippen MR) is 68.4 cm³/mol. The van der Waals surface area contributed by atoms with Gasteiger partial charge in [0.1, 0.15) is 11.0 Å². The second kappa shape index (κ2) is 5.14. The summed E-state index contributed by atoms with van der Waals surface area (Å²) in [6.07, 6.45) is 1.47. The van der Waals surface area contributed by atoms with Crippen LogP contribution in [0.3, 0.4) is 0 Å². The second-order valence-electron chi connectivity index (χ2n) is 3.71. The van der Waals surface area contributed by atoms with Gasteiger partial charge >= 0.3 is 0 Å². The molecule has 5 heteroatoms. The van der Waals surface area contributed by atoms with Crippen LogP contribution in [0.1, 0.15) is 10.4 Å². The van der Waals surface area contributed by atoms with Crippen LogP contribution in [-0.4, -0.2) is 17.9 Å². The summed E-state index contributed by atoms with van der Waals surface area (Å²) in [6, 6.07) is 8.75. The van der Waals surface area contributed by atoms with Crippen LogP contribution in [0.15, 0.2) is 42.6 Å². The molecule has 0 atom stereocenters. The van der Waals surface area contributed by atoms with Crippen LogP contribution in [0.4, 0.5) is 10.1 Å². The zero-order chi connectivity index (χ0) is 13.1. The Morgan fingerprint density at radius 1 is 1.28 bits per heavy atom. The fourth-order valence-electron chi connectivity index (χ4n) is 1.51. The molecular formula is C13H10ClFN2O. The minimum Gasteiger partial charge on any atom is -0.311 e. The average molecular weight is 265 g/mol. The van der Waals surface area contributed by atoms with Gasteiger partial charge in [-0.25, -0.2) is 9.37 Å². The van der Waals surface area contributed by atoms with Crippen LogP contribution in [0.5, 0.6) is 0 Å². The lowest BCUT2D eigenvalue weighted by Gasteiger charge is -2.17. The molecule has 2 aromatic rings. The van der Waals surface area contributed by atoms with Crippen molar-refractivity contribution in [3.05, 3.63) is 59.1 Å². The van der Waals surface area contributed by atoms with E-state index in [1.807, 2.05) is 0 Å². The summed E-state index contributed by atoms with van der Waals surface area (Å²) >= 11 is 5.73. The molecule has 0 spiro atoms. The summed E-state index contributed by atoms with van der Waals surface area (Å²) in [5.74, 6) is -0.572. The van der Waals surface area contributed by atoms with Crippen LogP contribution in [0.2, 0.25) is 5.15 Å². The summed E-state index contributed by atoms with van der Waals surface area (Å²) < 4.78 is 12.8. The van der Waals surface area contributed by atoms with Gasteiger partial charge in [-0.15, -0.1) is 0 Å². The summed E-state index contributed by atoms with van der Waals surface area (Å²) in [5, 5.41) is 0.258. The first-order valence-corrected chi connectivity index (χ1v) is 5.61. The van der Waals surface area contributed by atoms with Gasteiger partial charge in [-0.3, -0.25) is 4.79 Å². The first-order chi connectivity index (χ1) is 8.58. The van der Waals surface area contributed by atoms with Crippen molar-refractivity contribution in [1.82, 2.24) is 4.98 Å². The monoisotopic (exact) mass is 264 g/mol. The predicted octanol–water partition coefficient (Wildman–Crippen LogP) is 3.15. The lowest BCUT2D eigenvalue weighted by Crippen LogP contribution is -2.26. The Hall–Kier alpha value is -1.94. The Balaban J connectivity index is 2.26. The Bertz CT molecular complexity index is 571. The van der Waals surface area contributed by atoms with Crippen molar-refractivity contribution in [3.63, 3.8) is 0 Å². The molecule has 1 aromatic heterocycles. The SMILES string of the molecule is CN(C(=O)c1ccnc(Cl)c1)c1ccc(F)cc1. The van der Waals surface area contributed by atoms with E-state index in [0.717, 1.165) is 0 Å². The lowest BCUT2D eigenvalue weighted by molar-refractivity contribution is 0.0993. The van der Waals surface area contributed by atoms with Crippen LogP contribution in [-0.2, 0) is 0 Å². The van der Waals surface area contributed by atoms with E-state index in [2.05, 4.69) is 4.98 Å². The summed E-state index contributed by atoms with van der Waals surface area (Å²) in [7, 11) is 1.61.